The zero-order chi connectivity index (χ0) is 16.0. The highest BCUT2D eigenvalue weighted by atomic mass is 32.2. The Kier molecular flexibility index (Phi) is 6.25. The van der Waals surface area contributed by atoms with Gasteiger partial charge >= 0.3 is 0 Å². The van der Waals surface area contributed by atoms with Crippen LogP contribution in [0.3, 0.4) is 0 Å². The number of benzene rings is 1. The Morgan fingerprint density at radius 1 is 1.36 bits per heavy atom. The van der Waals surface area contributed by atoms with Gasteiger partial charge in [-0.1, -0.05) is 12.1 Å². The monoisotopic (exact) mass is 335 g/mol. The summed E-state index contributed by atoms with van der Waals surface area (Å²) in [5.41, 5.74) is 0.373. The SMILES string of the molecule is O=S(=O)(CCOC1CCOC1)NC(CF)c1ccc(F)cc1. The summed E-state index contributed by atoms with van der Waals surface area (Å²) in [6, 6.07) is 4.01. The second-order valence-electron chi connectivity index (χ2n) is 5.05. The molecule has 1 N–H and O–H groups in total. The molecule has 1 aliphatic rings. The van der Waals surface area contributed by atoms with E-state index in [9.17, 15) is 17.2 Å². The fraction of sp³-hybridized carbons (Fsp3) is 0.571. The first-order valence-electron chi connectivity index (χ1n) is 7.01. The molecule has 1 aliphatic heterocycles. The van der Waals surface area contributed by atoms with Crippen molar-refractivity contribution < 1.29 is 26.7 Å². The van der Waals surface area contributed by atoms with Crippen molar-refractivity contribution in [1.29, 1.82) is 0 Å². The predicted molar refractivity (Wildman–Crippen MR) is 77.2 cm³/mol. The maximum absolute atomic E-state index is 13.1. The number of sulfonamides is 1. The molecule has 0 amide bonds. The summed E-state index contributed by atoms with van der Waals surface area (Å²) in [6.07, 6.45) is 0.667. The highest BCUT2D eigenvalue weighted by Gasteiger charge is 2.21. The molecule has 124 valence electrons. The first-order chi connectivity index (χ1) is 10.5. The third-order valence-electron chi connectivity index (χ3n) is 3.34. The highest BCUT2D eigenvalue weighted by Crippen LogP contribution is 2.16. The van der Waals surface area contributed by atoms with Gasteiger partial charge in [0.1, 0.15) is 12.5 Å². The van der Waals surface area contributed by atoms with Gasteiger partial charge in [-0.05, 0) is 24.1 Å². The third kappa shape index (κ3) is 5.28. The molecular weight excluding hydrogens is 316 g/mol. The van der Waals surface area contributed by atoms with Gasteiger partial charge in [-0.3, -0.25) is 0 Å². The average molecular weight is 335 g/mol. The van der Waals surface area contributed by atoms with Crippen LogP contribution in [0.15, 0.2) is 24.3 Å². The van der Waals surface area contributed by atoms with Crippen LogP contribution in [0.25, 0.3) is 0 Å². The molecule has 0 aromatic heterocycles. The highest BCUT2D eigenvalue weighted by molar-refractivity contribution is 7.89. The minimum absolute atomic E-state index is 0.0196. The van der Waals surface area contributed by atoms with Crippen LogP contribution in [0.4, 0.5) is 8.78 Å². The van der Waals surface area contributed by atoms with Gasteiger partial charge in [0, 0.05) is 6.61 Å². The number of hydrogen-bond donors (Lipinski definition) is 1. The molecule has 0 radical (unpaired) electrons. The van der Waals surface area contributed by atoms with Crippen molar-refractivity contribution in [2.24, 2.45) is 0 Å². The molecular formula is C14H19F2NO4S. The van der Waals surface area contributed by atoms with Crippen molar-refractivity contribution in [1.82, 2.24) is 4.72 Å². The first kappa shape index (κ1) is 17.3. The van der Waals surface area contributed by atoms with Crippen LogP contribution in [-0.4, -0.2) is 46.8 Å². The van der Waals surface area contributed by atoms with Crippen LogP contribution in [0.1, 0.15) is 18.0 Å². The van der Waals surface area contributed by atoms with Crippen LogP contribution >= 0.6 is 0 Å². The molecule has 1 aromatic carbocycles. The quantitative estimate of drug-likeness (QED) is 0.783. The Hall–Kier alpha value is -1.09. The molecule has 0 spiro atoms. The third-order valence-corrected chi connectivity index (χ3v) is 4.69. The Balaban J connectivity index is 1.86. The van der Waals surface area contributed by atoms with Crippen LogP contribution in [0, 0.1) is 5.82 Å². The van der Waals surface area contributed by atoms with E-state index in [1.807, 2.05) is 0 Å². The number of hydrogen-bond acceptors (Lipinski definition) is 4. The average Bonchev–Trinajstić information content (AvgIpc) is 2.99. The maximum atomic E-state index is 13.1. The van der Waals surface area contributed by atoms with E-state index in [-0.39, 0.29) is 18.5 Å². The topological polar surface area (TPSA) is 64.6 Å². The lowest BCUT2D eigenvalue weighted by molar-refractivity contribution is 0.0519. The van der Waals surface area contributed by atoms with Crippen molar-refractivity contribution in [2.75, 3.05) is 32.2 Å². The van der Waals surface area contributed by atoms with E-state index in [2.05, 4.69) is 4.72 Å². The normalized spacial score (nSPS) is 20.2. The van der Waals surface area contributed by atoms with Gasteiger partial charge in [0.15, 0.2) is 0 Å². The second-order valence-corrected chi connectivity index (χ2v) is 6.92. The van der Waals surface area contributed by atoms with E-state index >= 15 is 0 Å². The van der Waals surface area contributed by atoms with Crippen molar-refractivity contribution in [2.45, 2.75) is 18.6 Å². The summed E-state index contributed by atoms with van der Waals surface area (Å²) >= 11 is 0. The number of alkyl halides is 1. The largest absolute Gasteiger partial charge is 0.379 e. The summed E-state index contributed by atoms with van der Waals surface area (Å²) in [7, 11) is -3.69. The lowest BCUT2D eigenvalue weighted by atomic mass is 10.1. The predicted octanol–water partition coefficient (Wildman–Crippen LogP) is 1.56. The Labute approximate surface area is 128 Å². The molecule has 5 nitrogen and oxygen atoms in total. The smallest absolute Gasteiger partial charge is 0.214 e. The van der Waals surface area contributed by atoms with E-state index in [1.54, 1.807) is 0 Å². The molecule has 1 fully saturated rings. The van der Waals surface area contributed by atoms with Crippen LogP contribution in [0.5, 0.6) is 0 Å². The van der Waals surface area contributed by atoms with Gasteiger partial charge in [-0.2, -0.15) is 0 Å². The van der Waals surface area contributed by atoms with Crippen LogP contribution in [-0.2, 0) is 19.5 Å². The first-order valence-corrected chi connectivity index (χ1v) is 8.66. The lowest BCUT2D eigenvalue weighted by Gasteiger charge is -2.16. The fourth-order valence-corrected chi connectivity index (χ4v) is 3.19. The molecule has 1 saturated heterocycles. The van der Waals surface area contributed by atoms with E-state index in [4.69, 9.17) is 9.47 Å². The summed E-state index contributed by atoms with van der Waals surface area (Å²) in [6.45, 7) is 0.189. The Morgan fingerprint density at radius 3 is 2.68 bits per heavy atom. The minimum Gasteiger partial charge on any atom is -0.379 e. The summed E-state index contributed by atoms with van der Waals surface area (Å²) in [5.74, 6) is -0.724. The van der Waals surface area contributed by atoms with Crippen molar-refractivity contribution in [3.63, 3.8) is 0 Å². The van der Waals surface area contributed by atoms with Gasteiger partial charge in [0.2, 0.25) is 10.0 Å². The summed E-state index contributed by atoms with van der Waals surface area (Å²) < 4.78 is 62.6. The molecule has 0 saturated carbocycles. The summed E-state index contributed by atoms with van der Waals surface area (Å²) in [5, 5.41) is 0. The zero-order valence-electron chi connectivity index (χ0n) is 12.0. The number of ether oxygens (including phenoxy) is 2. The van der Waals surface area contributed by atoms with Gasteiger partial charge in [-0.15, -0.1) is 0 Å². The second kappa shape index (κ2) is 7.96. The van der Waals surface area contributed by atoms with Crippen molar-refractivity contribution in [3.8, 4) is 0 Å². The Morgan fingerprint density at radius 2 is 2.09 bits per heavy atom. The zero-order valence-corrected chi connectivity index (χ0v) is 12.8. The van der Waals surface area contributed by atoms with Crippen LogP contribution < -0.4 is 4.72 Å². The number of halogens is 2. The lowest BCUT2D eigenvalue weighted by Crippen LogP contribution is -2.33. The standard InChI is InChI=1S/C14H19F2NO4S/c15-9-14(11-1-3-12(16)4-2-11)17-22(18,19)8-7-21-13-5-6-20-10-13/h1-4,13-14,17H,5-10H2. The van der Waals surface area contributed by atoms with Gasteiger partial charge in [-0.25, -0.2) is 21.9 Å². The van der Waals surface area contributed by atoms with Crippen LogP contribution in [0.2, 0.25) is 0 Å². The molecule has 2 unspecified atom stereocenters. The minimum atomic E-state index is -3.69. The Bertz CT molecular complexity index is 559. The van der Waals surface area contributed by atoms with E-state index in [0.717, 1.165) is 18.6 Å². The van der Waals surface area contributed by atoms with E-state index < -0.39 is 28.6 Å². The van der Waals surface area contributed by atoms with Crippen molar-refractivity contribution in [3.05, 3.63) is 35.6 Å². The molecule has 2 atom stereocenters. The molecule has 1 aromatic rings. The molecule has 1 heterocycles. The number of nitrogens with one attached hydrogen (secondary N) is 1. The number of rotatable bonds is 8. The van der Waals surface area contributed by atoms with Crippen molar-refractivity contribution >= 4 is 10.0 Å². The maximum Gasteiger partial charge on any atom is 0.214 e. The molecule has 8 heteroatoms. The molecule has 22 heavy (non-hydrogen) atoms. The van der Waals surface area contributed by atoms with Gasteiger partial charge in [0.25, 0.3) is 0 Å². The van der Waals surface area contributed by atoms with E-state index in [0.29, 0.717) is 18.8 Å². The summed E-state index contributed by atoms with van der Waals surface area (Å²) in [4.78, 5) is 0. The molecule has 0 bridgehead atoms. The van der Waals surface area contributed by atoms with Gasteiger partial charge in [0.05, 0.1) is 31.1 Å². The fourth-order valence-electron chi connectivity index (χ4n) is 2.13. The van der Waals surface area contributed by atoms with Gasteiger partial charge < -0.3 is 9.47 Å². The molecule has 0 aliphatic carbocycles. The molecule has 2 rings (SSSR count). The van der Waals surface area contributed by atoms with E-state index in [1.165, 1.54) is 12.1 Å².